The summed E-state index contributed by atoms with van der Waals surface area (Å²) in [6.45, 7) is 7.93. The van der Waals surface area contributed by atoms with Crippen LogP contribution in [0.3, 0.4) is 0 Å². The van der Waals surface area contributed by atoms with E-state index in [1.807, 2.05) is 35.2 Å². The van der Waals surface area contributed by atoms with E-state index in [4.69, 9.17) is 0 Å². The second-order valence-electron chi connectivity index (χ2n) is 8.56. The van der Waals surface area contributed by atoms with E-state index in [0.717, 1.165) is 5.69 Å². The monoisotopic (exact) mass is 400 g/mol. The molecule has 2 N–H and O–H groups in total. The van der Waals surface area contributed by atoms with Crippen molar-refractivity contribution in [3.05, 3.63) is 30.3 Å². The molecule has 0 aromatic heterocycles. The first-order valence-electron chi connectivity index (χ1n) is 10.5. The number of carbonyl (C=O) groups is 3. The van der Waals surface area contributed by atoms with E-state index >= 15 is 0 Å². The van der Waals surface area contributed by atoms with Crippen molar-refractivity contribution in [2.75, 3.05) is 31.5 Å². The summed E-state index contributed by atoms with van der Waals surface area (Å²) in [6, 6.07) is 9.12. The van der Waals surface area contributed by atoms with Gasteiger partial charge in [0, 0.05) is 44.8 Å². The molecule has 3 rings (SSSR count). The minimum absolute atomic E-state index is 0.0119. The van der Waals surface area contributed by atoms with Crippen molar-refractivity contribution < 1.29 is 14.4 Å². The zero-order valence-electron chi connectivity index (χ0n) is 17.6. The van der Waals surface area contributed by atoms with Crippen LogP contribution in [0.1, 0.15) is 40.0 Å². The maximum absolute atomic E-state index is 13.4. The number of anilines is 1. The van der Waals surface area contributed by atoms with Crippen molar-refractivity contribution in [3.63, 3.8) is 0 Å². The molecule has 0 saturated carbocycles. The summed E-state index contributed by atoms with van der Waals surface area (Å²) in [5.41, 5.74) is 0.0804. The highest BCUT2D eigenvalue weighted by Gasteiger charge is 2.54. The lowest BCUT2D eigenvalue weighted by molar-refractivity contribution is -0.133. The summed E-state index contributed by atoms with van der Waals surface area (Å²) in [6.07, 6.45) is 1.78. The van der Waals surface area contributed by atoms with Gasteiger partial charge in [-0.2, -0.15) is 0 Å². The molecule has 4 amide bonds. The number of rotatable bonds is 4. The molecule has 1 aromatic rings. The van der Waals surface area contributed by atoms with Crippen LogP contribution < -0.4 is 10.6 Å². The van der Waals surface area contributed by atoms with Gasteiger partial charge in [-0.3, -0.25) is 9.59 Å². The van der Waals surface area contributed by atoms with Gasteiger partial charge in [-0.1, -0.05) is 32.0 Å². The van der Waals surface area contributed by atoms with Crippen molar-refractivity contribution in [1.82, 2.24) is 15.1 Å². The first-order valence-corrected chi connectivity index (χ1v) is 10.5. The first-order chi connectivity index (χ1) is 13.8. The van der Waals surface area contributed by atoms with Crippen LogP contribution in [0.4, 0.5) is 10.5 Å². The summed E-state index contributed by atoms with van der Waals surface area (Å²) in [7, 11) is 0. The quantitative estimate of drug-likeness (QED) is 0.815. The molecule has 7 heteroatoms. The van der Waals surface area contributed by atoms with Crippen LogP contribution in [0, 0.1) is 11.3 Å². The molecule has 0 spiro atoms. The van der Waals surface area contributed by atoms with E-state index in [0.29, 0.717) is 51.4 Å². The Labute approximate surface area is 172 Å². The number of nitrogens with zero attached hydrogens (tertiary/aromatic N) is 2. The molecule has 2 aliphatic rings. The molecule has 2 fully saturated rings. The van der Waals surface area contributed by atoms with Gasteiger partial charge in [-0.25, -0.2) is 4.79 Å². The molecule has 7 nitrogen and oxygen atoms in total. The molecule has 29 heavy (non-hydrogen) atoms. The number of fused-ring (bicyclic) bond motifs is 1. The molecular weight excluding hydrogens is 368 g/mol. The van der Waals surface area contributed by atoms with Crippen LogP contribution in [0.5, 0.6) is 0 Å². The lowest BCUT2D eigenvalue weighted by Gasteiger charge is -2.35. The average Bonchev–Trinajstić information content (AvgIpc) is 2.96. The van der Waals surface area contributed by atoms with Gasteiger partial charge in [0.05, 0.1) is 5.41 Å². The lowest BCUT2D eigenvalue weighted by Crippen LogP contribution is -2.48. The van der Waals surface area contributed by atoms with Crippen LogP contribution in [-0.4, -0.2) is 59.9 Å². The second kappa shape index (κ2) is 8.84. The fourth-order valence-corrected chi connectivity index (χ4v) is 4.53. The minimum atomic E-state index is -0.672. The Morgan fingerprint density at radius 2 is 1.79 bits per heavy atom. The number of benzene rings is 1. The van der Waals surface area contributed by atoms with Crippen molar-refractivity contribution in [1.29, 1.82) is 0 Å². The zero-order valence-corrected chi connectivity index (χ0v) is 17.6. The van der Waals surface area contributed by atoms with E-state index < -0.39 is 5.41 Å². The highest BCUT2D eigenvalue weighted by Crippen LogP contribution is 2.44. The summed E-state index contributed by atoms with van der Waals surface area (Å²) in [5.74, 6) is 0.311. The number of carbonyl (C=O) groups excluding carboxylic acids is 3. The van der Waals surface area contributed by atoms with Gasteiger partial charge in [0.15, 0.2) is 0 Å². The predicted molar refractivity (Wildman–Crippen MR) is 112 cm³/mol. The van der Waals surface area contributed by atoms with Gasteiger partial charge in [-0.05, 0) is 37.3 Å². The Morgan fingerprint density at radius 1 is 1.10 bits per heavy atom. The third-order valence-corrected chi connectivity index (χ3v) is 6.15. The van der Waals surface area contributed by atoms with Crippen LogP contribution in [0.2, 0.25) is 0 Å². The van der Waals surface area contributed by atoms with E-state index in [9.17, 15) is 14.4 Å². The Hall–Kier alpha value is -2.57. The van der Waals surface area contributed by atoms with Crippen LogP contribution in [0.15, 0.2) is 30.3 Å². The maximum Gasteiger partial charge on any atom is 0.317 e. The van der Waals surface area contributed by atoms with Crippen molar-refractivity contribution >= 4 is 23.5 Å². The van der Waals surface area contributed by atoms with Gasteiger partial charge in [0.2, 0.25) is 11.8 Å². The molecule has 0 bridgehead atoms. The number of hydrogen-bond acceptors (Lipinski definition) is 3. The largest absolute Gasteiger partial charge is 0.339 e. The number of amides is 4. The van der Waals surface area contributed by atoms with Gasteiger partial charge >= 0.3 is 6.03 Å². The maximum atomic E-state index is 13.4. The summed E-state index contributed by atoms with van der Waals surface area (Å²) in [4.78, 5) is 41.8. The third-order valence-electron chi connectivity index (χ3n) is 6.15. The fourth-order valence-electron chi connectivity index (χ4n) is 4.53. The molecule has 158 valence electrons. The number of nitrogens with one attached hydrogen (secondary N) is 2. The van der Waals surface area contributed by atoms with Gasteiger partial charge in [0.1, 0.15) is 0 Å². The van der Waals surface area contributed by atoms with E-state index in [2.05, 4.69) is 24.5 Å². The molecular formula is C22H32N4O3. The van der Waals surface area contributed by atoms with Crippen LogP contribution >= 0.6 is 0 Å². The molecule has 2 atom stereocenters. The standard InChI is InChI=1S/C22H32N4O3/c1-16(2)15-23-21(29)25-12-9-19-22(10-13-25,11-14-26(19)17(3)27)20(28)24-18-7-5-4-6-8-18/h4-8,16,19H,9-15H2,1-3H3,(H,23,29)(H,24,28)/t19-,22+/m1/s1. The number of para-hydroxylation sites is 1. The molecule has 2 heterocycles. The Kier molecular flexibility index (Phi) is 6.45. The topological polar surface area (TPSA) is 81.8 Å². The summed E-state index contributed by atoms with van der Waals surface area (Å²) >= 11 is 0. The second-order valence-corrected chi connectivity index (χ2v) is 8.56. The Bertz CT molecular complexity index is 752. The fraction of sp³-hybridized carbons (Fsp3) is 0.591. The highest BCUT2D eigenvalue weighted by molar-refractivity contribution is 5.97. The van der Waals surface area contributed by atoms with Crippen LogP contribution in [-0.2, 0) is 9.59 Å². The minimum Gasteiger partial charge on any atom is -0.339 e. The number of likely N-dealkylation sites (tertiary alicyclic amines) is 2. The Balaban J connectivity index is 1.80. The summed E-state index contributed by atoms with van der Waals surface area (Å²) in [5, 5.41) is 6.02. The highest BCUT2D eigenvalue weighted by atomic mass is 16.2. The SMILES string of the molecule is CC(=O)N1CC[C@@]2(C(=O)Nc3ccccc3)CCN(C(=O)NCC(C)C)CC[C@@H]12. The van der Waals surface area contributed by atoms with E-state index in [1.165, 1.54) is 0 Å². The number of hydrogen-bond donors (Lipinski definition) is 2. The summed E-state index contributed by atoms with van der Waals surface area (Å²) < 4.78 is 0. The molecule has 1 aromatic carbocycles. The van der Waals surface area contributed by atoms with Gasteiger partial charge in [-0.15, -0.1) is 0 Å². The number of urea groups is 1. The van der Waals surface area contributed by atoms with E-state index in [1.54, 1.807) is 11.8 Å². The average molecular weight is 401 g/mol. The normalized spacial score (nSPS) is 24.1. The molecule has 0 unspecified atom stereocenters. The predicted octanol–water partition coefficient (Wildman–Crippen LogP) is 2.69. The van der Waals surface area contributed by atoms with Crippen molar-refractivity contribution in [2.45, 2.75) is 46.1 Å². The molecule has 0 radical (unpaired) electrons. The smallest absolute Gasteiger partial charge is 0.317 e. The zero-order chi connectivity index (χ0) is 21.0. The van der Waals surface area contributed by atoms with Crippen LogP contribution in [0.25, 0.3) is 0 Å². The van der Waals surface area contributed by atoms with Crippen molar-refractivity contribution in [2.24, 2.45) is 11.3 Å². The third kappa shape index (κ3) is 4.54. The van der Waals surface area contributed by atoms with Gasteiger partial charge < -0.3 is 20.4 Å². The molecule has 2 saturated heterocycles. The first kappa shape index (κ1) is 21.1. The van der Waals surface area contributed by atoms with Gasteiger partial charge in [0.25, 0.3) is 0 Å². The lowest BCUT2D eigenvalue weighted by atomic mass is 9.75. The molecule has 0 aliphatic carbocycles. The van der Waals surface area contributed by atoms with E-state index in [-0.39, 0.29) is 23.9 Å². The molecule has 2 aliphatic heterocycles. The Morgan fingerprint density at radius 3 is 2.45 bits per heavy atom. The van der Waals surface area contributed by atoms with Crippen molar-refractivity contribution in [3.8, 4) is 0 Å².